The van der Waals surface area contributed by atoms with Crippen LogP contribution in [0.5, 0.6) is 0 Å². The maximum absolute atomic E-state index is 17.4. The molecule has 11 aromatic rings. The van der Waals surface area contributed by atoms with Gasteiger partial charge in [0.15, 0.2) is 0 Å². The molecule has 0 aliphatic heterocycles. The number of benzene rings is 11. The quantitative estimate of drug-likeness (QED) is 0.141. The molecular formula is C56H35F3N2. The summed E-state index contributed by atoms with van der Waals surface area (Å²) in [7, 11) is 0. The van der Waals surface area contributed by atoms with Gasteiger partial charge in [0.2, 0.25) is 0 Å². The standard InChI is InChI=1S/C56H35F3N2/c57-47-22-12-13-23-52(47)61(56-46(37-16-6-2-7-17-37)34-41(35-49(56)59)36-14-4-1-5-15-36)51-33-28-40-24-29-44-50(32-27-39-25-30-45(51)54(40)53(39)44)60(42-19-8-3-9-20-42)55-43-21-11-10-18-38(43)26-31-48(55)58/h1-35H. The Morgan fingerprint density at radius 3 is 1.51 bits per heavy atom. The number of fused-ring (bicyclic) bond motifs is 1. The predicted octanol–water partition coefficient (Wildman–Crippen LogP) is 16.4. The molecular weight excluding hydrogens is 758 g/mol. The van der Waals surface area contributed by atoms with Crippen molar-refractivity contribution in [2.45, 2.75) is 0 Å². The Bertz CT molecular complexity index is 3410. The summed E-state index contributed by atoms with van der Waals surface area (Å²) in [6.45, 7) is 0. The second-order valence-electron chi connectivity index (χ2n) is 15.3. The highest BCUT2D eigenvalue weighted by atomic mass is 19.1. The zero-order valence-electron chi connectivity index (χ0n) is 32.7. The molecule has 0 amide bonds. The maximum Gasteiger partial charge on any atom is 0.148 e. The highest BCUT2D eigenvalue weighted by Gasteiger charge is 2.28. The molecule has 0 unspecified atom stereocenters. The minimum Gasteiger partial charge on any atom is -0.307 e. The van der Waals surface area contributed by atoms with Gasteiger partial charge in [-0.3, -0.25) is 0 Å². The SMILES string of the molecule is Fc1ccccc1N(c1c(F)cc(-c2ccccc2)cc1-c1ccccc1)c1ccc2ccc3c(N(c4ccccc4)c4c(F)ccc5ccccc45)ccc4ccc1c2c43. The van der Waals surface area contributed by atoms with Crippen LogP contribution in [0.25, 0.3) is 65.3 Å². The smallest absolute Gasteiger partial charge is 0.148 e. The molecule has 0 heterocycles. The first-order chi connectivity index (χ1) is 30.0. The van der Waals surface area contributed by atoms with Crippen LogP contribution in [0.1, 0.15) is 0 Å². The van der Waals surface area contributed by atoms with E-state index < -0.39 is 11.6 Å². The molecule has 0 N–H and O–H groups in total. The van der Waals surface area contributed by atoms with E-state index in [0.29, 0.717) is 22.5 Å². The molecule has 290 valence electrons. The summed E-state index contributed by atoms with van der Waals surface area (Å²) in [5.41, 5.74) is 6.10. The van der Waals surface area contributed by atoms with Gasteiger partial charge in [0.25, 0.3) is 0 Å². The van der Waals surface area contributed by atoms with Crippen LogP contribution in [-0.2, 0) is 0 Å². The van der Waals surface area contributed by atoms with Gasteiger partial charge in [-0.2, -0.15) is 0 Å². The fourth-order valence-electron chi connectivity index (χ4n) is 9.05. The molecule has 11 rings (SSSR count). The average molecular weight is 793 g/mol. The molecule has 0 saturated carbocycles. The van der Waals surface area contributed by atoms with Gasteiger partial charge < -0.3 is 9.80 Å². The van der Waals surface area contributed by atoms with Crippen molar-refractivity contribution in [2.24, 2.45) is 0 Å². The van der Waals surface area contributed by atoms with Crippen molar-refractivity contribution in [1.82, 2.24) is 0 Å². The van der Waals surface area contributed by atoms with Gasteiger partial charge in [-0.25, -0.2) is 13.2 Å². The molecule has 0 saturated heterocycles. The van der Waals surface area contributed by atoms with E-state index in [-0.39, 0.29) is 17.2 Å². The summed E-state index contributed by atoms with van der Waals surface area (Å²) in [5.74, 6) is -1.32. The molecule has 0 aliphatic rings. The van der Waals surface area contributed by atoms with E-state index >= 15 is 13.2 Å². The van der Waals surface area contributed by atoms with Crippen LogP contribution in [0.4, 0.5) is 47.3 Å². The molecule has 61 heavy (non-hydrogen) atoms. The zero-order valence-corrected chi connectivity index (χ0v) is 32.7. The molecule has 0 atom stereocenters. The van der Waals surface area contributed by atoms with E-state index in [2.05, 4.69) is 30.3 Å². The van der Waals surface area contributed by atoms with Gasteiger partial charge in [-0.05, 0) is 98.2 Å². The Morgan fingerprint density at radius 2 is 0.836 bits per heavy atom. The molecule has 11 aromatic carbocycles. The van der Waals surface area contributed by atoms with Crippen LogP contribution in [0.15, 0.2) is 212 Å². The van der Waals surface area contributed by atoms with Crippen LogP contribution in [0.3, 0.4) is 0 Å². The Hall–Kier alpha value is -7.89. The van der Waals surface area contributed by atoms with E-state index in [4.69, 9.17) is 0 Å². The molecule has 0 radical (unpaired) electrons. The van der Waals surface area contributed by atoms with Crippen molar-refractivity contribution in [2.75, 3.05) is 9.80 Å². The van der Waals surface area contributed by atoms with E-state index in [9.17, 15) is 0 Å². The molecule has 2 nitrogen and oxygen atoms in total. The van der Waals surface area contributed by atoms with Crippen LogP contribution in [0, 0.1) is 17.5 Å². The Kier molecular flexibility index (Phi) is 8.75. The number of hydrogen-bond donors (Lipinski definition) is 0. The third kappa shape index (κ3) is 6.05. The zero-order chi connectivity index (χ0) is 41.0. The summed E-state index contributed by atoms with van der Waals surface area (Å²) < 4.78 is 50.3. The monoisotopic (exact) mass is 792 g/mol. The Morgan fingerprint density at radius 1 is 0.295 bits per heavy atom. The highest BCUT2D eigenvalue weighted by Crippen LogP contribution is 2.51. The first kappa shape index (κ1) is 36.2. The second kappa shape index (κ2) is 14.7. The lowest BCUT2D eigenvalue weighted by atomic mass is 9.91. The van der Waals surface area contributed by atoms with E-state index in [0.717, 1.165) is 65.6 Å². The molecule has 0 spiro atoms. The van der Waals surface area contributed by atoms with E-state index in [1.165, 1.54) is 18.2 Å². The van der Waals surface area contributed by atoms with Gasteiger partial charge >= 0.3 is 0 Å². The number of halogens is 3. The number of para-hydroxylation sites is 2. The van der Waals surface area contributed by atoms with Gasteiger partial charge in [-0.15, -0.1) is 0 Å². The van der Waals surface area contributed by atoms with Crippen LogP contribution in [-0.4, -0.2) is 0 Å². The van der Waals surface area contributed by atoms with Crippen LogP contribution in [0.2, 0.25) is 0 Å². The van der Waals surface area contributed by atoms with Crippen LogP contribution >= 0.6 is 0 Å². The van der Waals surface area contributed by atoms with E-state index in [1.807, 2.05) is 150 Å². The number of anilines is 6. The van der Waals surface area contributed by atoms with Gasteiger partial charge in [0.1, 0.15) is 17.5 Å². The predicted molar refractivity (Wildman–Crippen MR) is 248 cm³/mol. The maximum atomic E-state index is 17.4. The van der Waals surface area contributed by atoms with Crippen molar-refractivity contribution in [1.29, 1.82) is 0 Å². The van der Waals surface area contributed by atoms with Gasteiger partial charge in [0.05, 0.1) is 28.4 Å². The van der Waals surface area contributed by atoms with Crippen molar-refractivity contribution >= 4 is 77.2 Å². The third-order valence-electron chi connectivity index (χ3n) is 11.8. The molecule has 5 heteroatoms. The number of hydrogen-bond acceptors (Lipinski definition) is 2. The fourth-order valence-corrected chi connectivity index (χ4v) is 9.05. The Labute approximate surface area is 350 Å². The normalized spacial score (nSPS) is 11.5. The molecule has 0 bridgehead atoms. The number of rotatable bonds is 8. The van der Waals surface area contributed by atoms with E-state index in [1.54, 1.807) is 23.1 Å². The molecule has 0 fully saturated rings. The summed E-state index contributed by atoms with van der Waals surface area (Å²) in [5, 5.41) is 7.28. The summed E-state index contributed by atoms with van der Waals surface area (Å²) >= 11 is 0. The summed E-state index contributed by atoms with van der Waals surface area (Å²) in [4.78, 5) is 3.74. The van der Waals surface area contributed by atoms with Crippen molar-refractivity contribution < 1.29 is 13.2 Å². The second-order valence-corrected chi connectivity index (χ2v) is 15.3. The average Bonchev–Trinajstić information content (AvgIpc) is 3.31. The number of nitrogens with zero attached hydrogens (tertiary/aromatic N) is 2. The largest absolute Gasteiger partial charge is 0.307 e. The minimum atomic E-state index is -0.493. The Balaban J connectivity index is 1.20. The third-order valence-corrected chi connectivity index (χ3v) is 11.8. The lowest BCUT2D eigenvalue weighted by Gasteiger charge is -2.31. The van der Waals surface area contributed by atoms with Crippen molar-refractivity contribution in [3.05, 3.63) is 230 Å². The fraction of sp³-hybridized carbons (Fsp3) is 0. The molecule has 0 aromatic heterocycles. The highest BCUT2D eigenvalue weighted by molar-refractivity contribution is 6.28. The summed E-state index contributed by atoms with van der Waals surface area (Å²) in [6, 6.07) is 66.9. The lowest BCUT2D eigenvalue weighted by molar-refractivity contribution is 0.620. The molecule has 0 aliphatic carbocycles. The lowest BCUT2D eigenvalue weighted by Crippen LogP contribution is -2.15. The van der Waals surface area contributed by atoms with Crippen molar-refractivity contribution in [3.63, 3.8) is 0 Å². The van der Waals surface area contributed by atoms with Crippen LogP contribution < -0.4 is 9.80 Å². The van der Waals surface area contributed by atoms with Gasteiger partial charge in [0, 0.05) is 27.4 Å². The topological polar surface area (TPSA) is 6.48 Å². The van der Waals surface area contributed by atoms with Gasteiger partial charge in [-0.1, -0.05) is 158 Å². The summed E-state index contributed by atoms with van der Waals surface area (Å²) in [6.07, 6.45) is 0. The minimum absolute atomic E-state index is 0.212. The van der Waals surface area contributed by atoms with Crippen molar-refractivity contribution in [3.8, 4) is 22.3 Å². The first-order valence-corrected chi connectivity index (χ1v) is 20.3. The first-order valence-electron chi connectivity index (χ1n) is 20.3.